The van der Waals surface area contributed by atoms with Crippen molar-refractivity contribution in [3.63, 3.8) is 0 Å². The lowest BCUT2D eigenvalue weighted by Gasteiger charge is -2.07. The van der Waals surface area contributed by atoms with Crippen LogP contribution in [0.15, 0.2) is 47.4 Å². The molecule has 0 radical (unpaired) electrons. The highest BCUT2D eigenvalue weighted by Crippen LogP contribution is 2.15. The summed E-state index contributed by atoms with van der Waals surface area (Å²) in [6.07, 6.45) is 1.35. The minimum atomic E-state index is -1.14. The molecule has 0 unspecified atom stereocenters. The minimum absolute atomic E-state index is 0.0132. The van der Waals surface area contributed by atoms with E-state index >= 15 is 0 Å². The highest BCUT2D eigenvalue weighted by Gasteiger charge is 2.12. The lowest BCUT2D eigenvalue weighted by atomic mass is 10.1. The van der Waals surface area contributed by atoms with E-state index in [0.717, 1.165) is 6.07 Å². The fourth-order valence-corrected chi connectivity index (χ4v) is 1.56. The van der Waals surface area contributed by atoms with Crippen LogP contribution in [0.4, 0.5) is 5.69 Å². The van der Waals surface area contributed by atoms with Crippen molar-refractivity contribution in [3.8, 4) is 0 Å². The second kappa shape index (κ2) is 5.18. The Morgan fingerprint density at radius 2 is 1.89 bits per heavy atom. The van der Waals surface area contributed by atoms with E-state index in [0.29, 0.717) is 0 Å². The fraction of sp³-hybridized carbons (Fsp3) is 0. The second-order valence-corrected chi connectivity index (χ2v) is 3.75. The number of hydrogen-bond donors (Lipinski definition) is 3. The number of para-hydroxylation sites is 1. The van der Waals surface area contributed by atoms with Gasteiger partial charge in [-0.1, -0.05) is 12.1 Å². The van der Waals surface area contributed by atoms with Gasteiger partial charge in [0.05, 0.1) is 11.3 Å². The topological polar surface area (TPSA) is 99.3 Å². The fourth-order valence-electron chi connectivity index (χ4n) is 1.56. The molecule has 0 aliphatic carbocycles. The molecule has 1 heterocycles. The van der Waals surface area contributed by atoms with Gasteiger partial charge in [0.2, 0.25) is 5.56 Å². The predicted octanol–water partition coefficient (Wildman–Crippen LogP) is 1.33. The summed E-state index contributed by atoms with van der Waals surface area (Å²) in [5, 5.41) is 11.4. The smallest absolute Gasteiger partial charge is 0.337 e. The summed E-state index contributed by atoms with van der Waals surface area (Å²) in [7, 11) is 0. The van der Waals surface area contributed by atoms with E-state index in [9.17, 15) is 14.4 Å². The van der Waals surface area contributed by atoms with Crippen molar-refractivity contribution in [3.05, 3.63) is 64.1 Å². The van der Waals surface area contributed by atoms with Crippen LogP contribution in [0.2, 0.25) is 0 Å². The molecule has 1 amide bonds. The van der Waals surface area contributed by atoms with Crippen LogP contribution in [-0.4, -0.2) is 22.0 Å². The molecule has 0 saturated carbocycles. The Kier molecular flexibility index (Phi) is 3.42. The van der Waals surface area contributed by atoms with E-state index in [-0.39, 0.29) is 16.8 Å². The number of anilines is 1. The average Bonchev–Trinajstić information content (AvgIpc) is 2.39. The van der Waals surface area contributed by atoms with Gasteiger partial charge >= 0.3 is 5.97 Å². The Bertz CT molecular complexity index is 691. The summed E-state index contributed by atoms with van der Waals surface area (Å²) in [4.78, 5) is 36.4. The second-order valence-electron chi connectivity index (χ2n) is 3.75. The number of carboxylic acids is 1. The molecular weight excluding hydrogens is 248 g/mol. The van der Waals surface area contributed by atoms with Crippen LogP contribution in [0.3, 0.4) is 0 Å². The quantitative estimate of drug-likeness (QED) is 0.773. The van der Waals surface area contributed by atoms with E-state index in [1.807, 2.05) is 0 Å². The van der Waals surface area contributed by atoms with Crippen molar-refractivity contribution < 1.29 is 14.7 Å². The Morgan fingerprint density at radius 1 is 1.16 bits per heavy atom. The molecule has 0 fully saturated rings. The van der Waals surface area contributed by atoms with Crippen LogP contribution in [0.5, 0.6) is 0 Å². The first kappa shape index (κ1) is 12.6. The van der Waals surface area contributed by atoms with E-state index in [4.69, 9.17) is 5.11 Å². The summed E-state index contributed by atoms with van der Waals surface area (Å²) in [6, 6.07) is 8.61. The third-order valence-corrected chi connectivity index (χ3v) is 2.44. The molecule has 96 valence electrons. The number of carbonyl (C=O) groups is 2. The number of pyridine rings is 1. The molecule has 1 aromatic heterocycles. The van der Waals surface area contributed by atoms with Crippen LogP contribution in [0.25, 0.3) is 0 Å². The number of amides is 1. The first-order chi connectivity index (χ1) is 9.08. The molecular formula is C13H10N2O4. The van der Waals surface area contributed by atoms with Crippen molar-refractivity contribution in [1.29, 1.82) is 0 Å². The van der Waals surface area contributed by atoms with Crippen LogP contribution < -0.4 is 10.9 Å². The molecule has 6 heteroatoms. The molecule has 19 heavy (non-hydrogen) atoms. The number of carbonyl (C=O) groups excluding carboxylic acids is 1. The molecule has 1 aromatic carbocycles. The van der Waals surface area contributed by atoms with Gasteiger partial charge in [0.1, 0.15) is 0 Å². The molecule has 2 aromatic rings. The molecule has 3 N–H and O–H groups in total. The summed E-state index contributed by atoms with van der Waals surface area (Å²) >= 11 is 0. The van der Waals surface area contributed by atoms with Gasteiger partial charge < -0.3 is 15.4 Å². The Morgan fingerprint density at radius 3 is 2.58 bits per heavy atom. The molecule has 0 atom stereocenters. The lowest BCUT2D eigenvalue weighted by molar-refractivity contribution is 0.0698. The Hall–Kier alpha value is -2.89. The first-order valence-electron chi connectivity index (χ1n) is 5.40. The number of nitrogens with one attached hydrogen (secondary N) is 2. The van der Waals surface area contributed by atoms with Gasteiger partial charge in [0.25, 0.3) is 5.91 Å². The monoisotopic (exact) mass is 258 g/mol. The molecule has 0 bridgehead atoms. The highest BCUT2D eigenvalue weighted by atomic mass is 16.4. The standard InChI is InChI=1S/C13H10N2O4/c16-11-7-8(5-6-14-11)12(17)15-10-4-2-1-3-9(10)13(18)19/h1-7H,(H,14,16)(H,15,17)(H,18,19). The van der Waals surface area contributed by atoms with Gasteiger partial charge in [0, 0.05) is 17.8 Å². The largest absolute Gasteiger partial charge is 0.478 e. The summed E-state index contributed by atoms with van der Waals surface area (Å²) in [6.45, 7) is 0. The number of rotatable bonds is 3. The van der Waals surface area contributed by atoms with Crippen LogP contribution in [-0.2, 0) is 0 Å². The Balaban J connectivity index is 2.29. The maximum Gasteiger partial charge on any atom is 0.337 e. The lowest BCUT2D eigenvalue weighted by Crippen LogP contribution is -2.17. The van der Waals surface area contributed by atoms with Crippen LogP contribution >= 0.6 is 0 Å². The maximum atomic E-state index is 11.9. The van der Waals surface area contributed by atoms with Gasteiger partial charge in [-0.25, -0.2) is 4.79 Å². The van der Waals surface area contributed by atoms with E-state index in [2.05, 4.69) is 10.3 Å². The summed E-state index contributed by atoms with van der Waals surface area (Å²) in [5.74, 6) is -1.68. The number of H-pyrrole nitrogens is 1. The van der Waals surface area contributed by atoms with E-state index < -0.39 is 17.4 Å². The number of carboxylic acid groups (broad SMARTS) is 1. The summed E-state index contributed by atoms with van der Waals surface area (Å²) in [5.41, 5.74) is -0.0796. The van der Waals surface area contributed by atoms with Crippen molar-refractivity contribution >= 4 is 17.6 Å². The van der Waals surface area contributed by atoms with Crippen LogP contribution in [0.1, 0.15) is 20.7 Å². The zero-order valence-electron chi connectivity index (χ0n) is 9.71. The van der Waals surface area contributed by atoms with Crippen molar-refractivity contribution in [2.75, 3.05) is 5.32 Å². The predicted molar refractivity (Wildman–Crippen MR) is 68.4 cm³/mol. The van der Waals surface area contributed by atoms with Gasteiger partial charge in [-0.3, -0.25) is 9.59 Å². The number of aromatic carboxylic acids is 1. The SMILES string of the molecule is O=C(Nc1ccccc1C(=O)O)c1cc[nH]c(=O)c1. The molecule has 0 aliphatic heterocycles. The van der Waals surface area contributed by atoms with Crippen molar-refractivity contribution in [2.24, 2.45) is 0 Å². The number of benzene rings is 1. The average molecular weight is 258 g/mol. The number of hydrogen-bond acceptors (Lipinski definition) is 3. The van der Waals surface area contributed by atoms with E-state index in [1.165, 1.54) is 24.4 Å². The number of aromatic amines is 1. The highest BCUT2D eigenvalue weighted by molar-refractivity contribution is 6.07. The molecule has 0 aliphatic rings. The van der Waals surface area contributed by atoms with Gasteiger partial charge in [-0.2, -0.15) is 0 Å². The molecule has 2 rings (SSSR count). The van der Waals surface area contributed by atoms with Gasteiger partial charge in [0.15, 0.2) is 0 Å². The normalized spacial score (nSPS) is 9.89. The van der Waals surface area contributed by atoms with Gasteiger partial charge in [-0.15, -0.1) is 0 Å². The minimum Gasteiger partial charge on any atom is -0.478 e. The third kappa shape index (κ3) is 2.86. The zero-order valence-corrected chi connectivity index (χ0v) is 9.71. The number of aromatic nitrogens is 1. The molecule has 0 saturated heterocycles. The summed E-state index contributed by atoms with van der Waals surface area (Å²) < 4.78 is 0. The maximum absolute atomic E-state index is 11.9. The Labute approximate surface area is 107 Å². The molecule has 0 spiro atoms. The van der Waals surface area contributed by atoms with Gasteiger partial charge in [-0.05, 0) is 18.2 Å². The van der Waals surface area contributed by atoms with E-state index in [1.54, 1.807) is 12.1 Å². The first-order valence-corrected chi connectivity index (χ1v) is 5.40. The van der Waals surface area contributed by atoms with Crippen molar-refractivity contribution in [1.82, 2.24) is 4.98 Å². The van der Waals surface area contributed by atoms with Crippen molar-refractivity contribution in [2.45, 2.75) is 0 Å². The zero-order chi connectivity index (χ0) is 13.8. The third-order valence-electron chi connectivity index (χ3n) is 2.44. The van der Waals surface area contributed by atoms with Crippen LogP contribution in [0, 0.1) is 0 Å². The molecule has 6 nitrogen and oxygen atoms in total.